The normalized spacial score (nSPS) is 25.5. The van der Waals surface area contributed by atoms with Crippen molar-refractivity contribution in [1.82, 2.24) is 0 Å². The number of nitrogens with one attached hydrogen (secondary N) is 1. The fourth-order valence-corrected chi connectivity index (χ4v) is 4.67. The minimum Gasteiger partial charge on any atom is -0.380 e. The quantitative estimate of drug-likeness (QED) is 0.917. The fourth-order valence-electron chi connectivity index (χ4n) is 3.03. The predicted octanol–water partition coefficient (Wildman–Crippen LogP) is 1.51. The van der Waals surface area contributed by atoms with Crippen LogP contribution in [0.1, 0.15) is 12.8 Å². The molecule has 6 heteroatoms. The highest BCUT2D eigenvalue weighted by molar-refractivity contribution is 7.91. The van der Waals surface area contributed by atoms with Gasteiger partial charge in [0.2, 0.25) is 0 Å². The van der Waals surface area contributed by atoms with E-state index in [9.17, 15) is 8.42 Å². The summed E-state index contributed by atoms with van der Waals surface area (Å²) in [6.45, 7) is 3.24. The molecule has 1 N–H and O–H groups in total. The van der Waals surface area contributed by atoms with Crippen LogP contribution in [0.25, 0.3) is 0 Å². The zero-order chi connectivity index (χ0) is 14.7. The molecule has 0 radical (unpaired) electrons. The Morgan fingerprint density at radius 3 is 2.71 bits per heavy atom. The third-order valence-corrected chi connectivity index (χ3v) is 5.90. The summed E-state index contributed by atoms with van der Waals surface area (Å²) in [6, 6.07) is 8.15. The number of rotatable bonds is 3. The van der Waals surface area contributed by atoms with Crippen molar-refractivity contribution in [2.45, 2.75) is 18.9 Å². The lowest BCUT2D eigenvalue weighted by molar-refractivity contribution is 0.123. The minimum absolute atomic E-state index is 0.0194. The van der Waals surface area contributed by atoms with Crippen LogP contribution in [0.4, 0.5) is 11.4 Å². The maximum atomic E-state index is 11.8. The molecule has 5 nitrogen and oxygen atoms in total. The number of morpholine rings is 1. The first kappa shape index (κ1) is 14.7. The zero-order valence-electron chi connectivity index (χ0n) is 12.1. The van der Waals surface area contributed by atoms with E-state index in [0.717, 1.165) is 50.5 Å². The van der Waals surface area contributed by atoms with Crippen LogP contribution in [0.15, 0.2) is 24.3 Å². The lowest BCUT2D eigenvalue weighted by Gasteiger charge is -2.32. The number of anilines is 2. The van der Waals surface area contributed by atoms with E-state index in [-0.39, 0.29) is 11.8 Å². The summed E-state index contributed by atoms with van der Waals surface area (Å²) in [5, 5.41) is 3.44. The third kappa shape index (κ3) is 3.68. The van der Waals surface area contributed by atoms with Crippen LogP contribution in [-0.2, 0) is 14.6 Å². The molecule has 2 aliphatic heterocycles. The largest absolute Gasteiger partial charge is 0.380 e. The van der Waals surface area contributed by atoms with Gasteiger partial charge in [0.05, 0.1) is 36.1 Å². The van der Waals surface area contributed by atoms with E-state index >= 15 is 0 Å². The van der Waals surface area contributed by atoms with Gasteiger partial charge in [0.15, 0.2) is 9.84 Å². The maximum absolute atomic E-state index is 11.8. The Morgan fingerprint density at radius 1 is 1.19 bits per heavy atom. The number of benzene rings is 1. The van der Waals surface area contributed by atoms with Crippen molar-refractivity contribution in [3.63, 3.8) is 0 Å². The Balaban J connectivity index is 1.75. The standard InChI is InChI=1S/C15H22N2O3S/c18-21(19)11-3-4-13(12-21)16-14-5-1-2-6-15(14)17-7-9-20-10-8-17/h1-2,5-6,13,16H,3-4,7-12H2. The van der Waals surface area contributed by atoms with Crippen molar-refractivity contribution < 1.29 is 13.2 Å². The fraction of sp³-hybridized carbons (Fsp3) is 0.600. The lowest BCUT2D eigenvalue weighted by Crippen LogP contribution is -2.38. The molecular weight excluding hydrogens is 288 g/mol. The average Bonchev–Trinajstić information content (AvgIpc) is 2.48. The van der Waals surface area contributed by atoms with Crippen LogP contribution >= 0.6 is 0 Å². The van der Waals surface area contributed by atoms with E-state index in [1.807, 2.05) is 18.2 Å². The monoisotopic (exact) mass is 310 g/mol. The number of hydrogen-bond acceptors (Lipinski definition) is 5. The van der Waals surface area contributed by atoms with Crippen LogP contribution < -0.4 is 10.2 Å². The highest BCUT2D eigenvalue weighted by Gasteiger charge is 2.25. The van der Waals surface area contributed by atoms with Crippen LogP contribution in [-0.4, -0.2) is 52.3 Å². The van der Waals surface area contributed by atoms with Crippen LogP contribution in [0, 0.1) is 0 Å². The number of sulfone groups is 1. The molecule has 1 aromatic rings. The highest BCUT2D eigenvalue weighted by Crippen LogP contribution is 2.28. The smallest absolute Gasteiger partial charge is 0.152 e. The molecule has 0 saturated carbocycles. The summed E-state index contributed by atoms with van der Waals surface area (Å²) in [6.07, 6.45) is 1.66. The molecular formula is C15H22N2O3S. The zero-order valence-corrected chi connectivity index (χ0v) is 12.9. The van der Waals surface area contributed by atoms with E-state index in [1.165, 1.54) is 0 Å². The van der Waals surface area contributed by atoms with Crippen molar-refractivity contribution in [2.24, 2.45) is 0 Å². The molecule has 0 bridgehead atoms. The summed E-state index contributed by atoms with van der Waals surface area (Å²) in [5.74, 6) is 0.570. The van der Waals surface area contributed by atoms with Gasteiger partial charge in [0.25, 0.3) is 0 Å². The minimum atomic E-state index is -2.89. The molecule has 2 saturated heterocycles. The van der Waals surface area contributed by atoms with Crippen LogP contribution in [0.5, 0.6) is 0 Å². The van der Waals surface area contributed by atoms with Gasteiger partial charge in [-0.15, -0.1) is 0 Å². The summed E-state index contributed by atoms with van der Waals surface area (Å²) in [4.78, 5) is 2.29. The van der Waals surface area contributed by atoms with Crippen molar-refractivity contribution in [1.29, 1.82) is 0 Å². The van der Waals surface area contributed by atoms with Crippen molar-refractivity contribution in [3.8, 4) is 0 Å². The Hall–Kier alpha value is -1.27. The maximum Gasteiger partial charge on any atom is 0.152 e. The van der Waals surface area contributed by atoms with Gasteiger partial charge in [-0.05, 0) is 25.0 Å². The second kappa shape index (κ2) is 6.23. The molecule has 1 unspecified atom stereocenters. The molecule has 1 atom stereocenters. The van der Waals surface area contributed by atoms with Crippen LogP contribution in [0.2, 0.25) is 0 Å². The average molecular weight is 310 g/mol. The molecule has 3 rings (SSSR count). The third-order valence-electron chi connectivity index (χ3n) is 4.08. The number of para-hydroxylation sites is 2. The van der Waals surface area contributed by atoms with E-state index in [4.69, 9.17) is 4.74 Å². The van der Waals surface area contributed by atoms with Gasteiger partial charge < -0.3 is 15.0 Å². The van der Waals surface area contributed by atoms with Gasteiger partial charge >= 0.3 is 0 Å². The SMILES string of the molecule is O=S1(=O)CCCC(Nc2ccccc2N2CCOCC2)C1. The Kier molecular flexibility index (Phi) is 4.35. The van der Waals surface area contributed by atoms with Crippen molar-refractivity contribution in [3.05, 3.63) is 24.3 Å². The molecule has 2 aliphatic rings. The number of hydrogen-bond donors (Lipinski definition) is 1. The van der Waals surface area contributed by atoms with Gasteiger partial charge in [0.1, 0.15) is 0 Å². The summed E-state index contributed by atoms with van der Waals surface area (Å²) in [5.41, 5.74) is 2.17. The second-order valence-corrected chi connectivity index (χ2v) is 7.94. The Bertz CT molecular complexity index is 582. The molecule has 0 spiro atoms. The van der Waals surface area contributed by atoms with Gasteiger partial charge in [-0.3, -0.25) is 0 Å². The van der Waals surface area contributed by atoms with E-state index in [2.05, 4.69) is 16.3 Å². The summed E-state index contributed by atoms with van der Waals surface area (Å²) < 4.78 is 28.9. The highest BCUT2D eigenvalue weighted by atomic mass is 32.2. The number of nitrogens with zero attached hydrogens (tertiary/aromatic N) is 1. The molecule has 2 fully saturated rings. The molecule has 0 aliphatic carbocycles. The first-order valence-electron chi connectivity index (χ1n) is 7.53. The molecule has 0 aromatic heterocycles. The molecule has 1 aromatic carbocycles. The molecule has 0 amide bonds. The Morgan fingerprint density at radius 2 is 1.95 bits per heavy atom. The topological polar surface area (TPSA) is 58.6 Å². The van der Waals surface area contributed by atoms with Gasteiger partial charge in [-0.1, -0.05) is 12.1 Å². The first-order chi connectivity index (χ1) is 10.1. The van der Waals surface area contributed by atoms with Gasteiger partial charge in [-0.25, -0.2) is 8.42 Å². The van der Waals surface area contributed by atoms with E-state index < -0.39 is 9.84 Å². The molecule has 21 heavy (non-hydrogen) atoms. The van der Waals surface area contributed by atoms with E-state index in [0.29, 0.717) is 5.75 Å². The van der Waals surface area contributed by atoms with Crippen molar-refractivity contribution >= 4 is 21.2 Å². The van der Waals surface area contributed by atoms with E-state index in [1.54, 1.807) is 0 Å². The van der Waals surface area contributed by atoms with Gasteiger partial charge in [-0.2, -0.15) is 0 Å². The lowest BCUT2D eigenvalue weighted by atomic mass is 10.1. The Labute approximate surface area is 126 Å². The van der Waals surface area contributed by atoms with Gasteiger partial charge in [0, 0.05) is 19.1 Å². The van der Waals surface area contributed by atoms with Crippen molar-refractivity contribution in [2.75, 3.05) is 48.0 Å². The molecule has 116 valence electrons. The number of ether oxygens (including phenoxy) is 1. The summed E-state index contributed by atoms with van der Waals surface area (Å²) >= 11 is 0. The summed E-state index contributed by atoms with van der Waals surface area (Å²) in [7, 11) is -2.89. The predicted molar refractivity (Wildman–Crippen MR) is 84.8 cm³/mol. The first-order valence-corrected chi connectivity index (χ1v) is 9.35. The van der Waals surface area contributed by atoms with Crippen LogP contribution in [0.3, 0.4) is 0 Å². The second-order valence-electron chi connectivity index (χ2n) is 5.71. The molecule has 2 heterocycles.